The molecular formula is C22H22F3N3O3. The molecule has 6 nitrogen and oxygen atoms in total. The number of amides is 2. The third kappa shape index (κ3) is 5.62. The Labute approximate surface area is 177 Å². The summed E-state index contributed by atoms with van der Waals surface area (Å²) in [7, 11) is 1.53. The Hall–Kier alpha value is -3.36. The van der Waals surface area contributed by atoms with Crippen LogP contribution in [0.5, 0.6) is 5.75 Å². The van der Waals surface area contributed by atoms with Crippen molar-refractivity contribution in [3.63, 3.8) is 0 Å². The van der Waals surface area contributed by atoms with Crippen LogP contribution in [-0.2, 0) is 11.0 Å². The lowest BCUT2D eigenvalue weighted by molar-refractivity contribution is -0.137. The summed E-state index contributed by atoms with van der Waals surface area (Å²) in [5, 5.41) is 3.69. The number of carbonyl (C=O) groups excluding carboxylic acids is 2. The third-order valence-electron chi connectivity index (χ3n) is 5.11. The minimum atomic E-state index is -4.51. The van der Waals surface area contributed by atoms with Gasteiger partial charge in [0.05, 0.1) is 18.9 Å². The lowest BCUT2D eigenvalue weighted by Crippen LogP contribution is -2.42. The van der Waals surface area contributed by atoms with E-state index in [0.29, 0.717) is 37.2 Å². The zero-order chi connectivity index (χ0) is 22.4. The number of hydrogen-bond donors (Lipinski definition) is 1. The predicted molar refractivity (Wildman–Crippen MR) is 109 cm³/mol. The molecular weight excluding hydrogens is 411 g/mol. The van der Waals surface area contributed by atoms with Gasteiger partial charge in [-0.3, -0.25) is 9.59 Å². The topological polar surface area (TPSA) is 71.0 Å². The van der Waals surface area contributed by atoms with E-state index in [1.807, 2.05) is 0 Å². The molecule has 2 aromatic carbocycles. The van der Waals surface area contributed by atoms with Crippen LogP contribution in [-0.4, -0.2) is 43.1 Å². The first kappa shape index (κ1) is 22.3. The Morgan fingerprint density at radius 1 is 1.13 bits per heavy atom. The molecule has 0 spiro atoms. The molecule has 2 amide bonds. The van der Waals surface area contributed by atoms with Gasteiger partial charge in [0, 0.05) is 30.1 Å². The van der Waals surface area contributed by atoms with Gasteiger partial charge in [-0.1, -0.05) is 24.3 Å². The molecule has 1 aliphatic rings. The van der Waals surface area contributed by atoms with Gasteiger partial charge in [-0.25, -0.2) is 5.43 Å². The second-order valence-corrected chi connectivity index (χ2v) is 7.12. The maximum Gasteiger partial charge on any atom is 0.417 e. The van der Waals surface area contributed by atoms with Gasteiger partial charge in [0.15, 0.2) is 0 Å². The van der Waals surface area contributed by atoms with Crippen LogP contribution in [0.2, 0.25) is 0 Å². The minimum Gasteiger partial charge on any atom is -0.497 e. The van der Waals surface area contributed by atoms with Crippen molar-refractivity contribution in [1.82, 2.24) is 10.3 Å². The summed E-state index contributed by atoms with van der Waals surface area (Å²) in [5.74, 6) is -0.303. The normalized spacial score (nSPS) is 15.2. The molecule has 0 unspecified atom stereocenters. The van der Waals surface area contributed by atoms with Crippen molar-refractivity contribution in [3.05, 3.63) is 65.2 Å². The summed E-state index contributed by atoms with van der Waals surface area (Å²) < 4.78 is 44.1. The van der Waals surface area contributed by atoms with Gasteiger partial charge in [0.1, 0.15) is 5.75 Å². The van der Waals surface area contributed by atoms with Gasteiger partial charge in [-0.05, 0) is 37.1 Å². The number of piperidine rings is 1. The van der Waals surface area contributed by atoms with E-state index in [4.69, 9.17) is 4.74 Å². The number of alkyl halides is 3. The highest BCUT2D eigenvalue weighted by Gasteiger charge is 2.32. The number of nitrogens with one attached hydrogen (secondary N) is 1. The third-order valence-corrected chi connectivity index (χ3v) is 5.11. The molecule has 31 heavy (non-hydrogen) atoms. The van der Waals surface area contributed by atoms with Crippen LogP contribution >= 0.6 is 0 Å². The Balaban J connectivity index is 1.54. The Morgan fingerprint density at radius 2 is 1.84 bits per heavy atom. The molecule has 0 aromatic heterocycles. The summed E-state index contributed by atoms with van der Waals surface area (Å²) in [6.45, 7) is 0.795. The number of methoxy groups -OCH3 is 1. The molecule has 1 fully saturated rings. The van der Waals surface area contributed by atoms with E-state index < -0.39 is 11.7 Å². The largest absolute Gasteiger partial charge is 0.497 e. The zero-order valence-electron chi connectivity index (χ0n) is 16.9. The van der Waals surface area contributed by atoms with Crippen LogP contribution in [0.4, 0.5) is 13.2 Å². The van der Waals surface area contributed by atoms with Gasteiger partial charge >= 0.3 is 6.18 Å². The van der Waals surface area contributed by atoms with E-state index in [1.54, 1.807) is 29.2 Å². The molecule has 0 aliphatic carbocycles. The Bertz CT molecular complexity index is 968. The second kappa shape index (κ2) is 9.63. The van der Waals surface area contributed by atoms with Gasteiger partial charge in [0.2, 0.25) is 5.91 Å². The van der Waals surface area contributed by atoms with Crippen LogP contribution in [0.3, 0.4) is 0 Å². The van der Waals surface area contributed by atoms with E-state index in [2.05, 4.69) is 10.5 Å². The molecule has 0 radical (unpaired) electrons. The summed E-state index contributed by atoms with van der Waals surface area (Å²) in [5.41, 5.74) is 1.87. The number of halogens is 3. The van der Waals surface area contributed by atoms with Crippen molar-refractivity contribution in [2.45, 2.75) is 19.0 Å². The molecule has 0 atom stereocenters. The van der Waals surface area contributed by atoms with E-state index in [1.165, 1.54) is 25.3 Å². The fourth-order valence-corrected chi connectivity index (χ4v) is 3.41. The molecule has 1 saturated heterocycles. The summed E-state index contributed by atoms with van der Waals surface area (Å²) >= 11 is 0. The highest BCUT2D eigenvalue weighted by molar-refractivity contribution is 5.94. The summed E-state index contributed by atoms with van der Waals surface area (Å²) in [6, 6.07) is 11.8. The number of benzene rings is 2. The molecule has 9 heteroatoms. The average Bonchev–Trinajstić information content (AvgIpc) is 2.78. The average molecular weight is 433 g/mol. The van der Waals surface area contributed by atoms with Crippen molar-refractivity contribution in [2.75, 3.05) is 20.2 Å². The Morgan fingerprint density at radius 3 is 2.52 bits per heavy atom. The lowest BCUT2D eigenvalue weighted by Gasteiger charge is -2.31. The first-order valence-electron chi connectivity index (χ1n) is 9.72. The van der Waals surface area contributed by atoms with Crippen molar-refractivity contribution in [3.8, 4) is 5.75 Å². The Kier molecular flexibility index (Phi) is 6.94. The molecule has 2 aromatic rings. The van der Waals surface area contributed by atoms with E-state index in [9.17, 15) is 22.8 Å². The molecule has 1 heterocycles. The minimum absolute atomic E-state index is 0.131. The number of ether oxygens (including phenoxy) is 1. The van der Waals surface area contributed by atoms with Crippen LogP contribution < -0.4 is 10.2 Å². The first-order chi connectivity index (χ1) is 14.8. The van der Waals surface area contributed by atoms with Crippen molar-refractivity contribution in [1.29, 1.82) is 0 Å². The van der Waals surface area contributed by atoms with Gasteiger partial charge in [-0.2, -0.15) is 18.3 Å². The van der Waals surface area contributed by atoms with Crippen molar-refractivity contribution in [2.24, 2.45) is 11.0 Å². The highest BCUT2D eigenvalue weighted by atomic mass is 19.4. The van der Waals surface area contributed by atoms with Gasteiger partial charge < -0.3 is 9.64 Å². The van der Waals surface area contributed by atoms with Gasteiger partial charge in [0.25, 0.3) is 5.91 Å². The van der Waals surface area contributed by atoms with E-state index >= 15 is 0 Å². The quantitative estimate of drug-likeness (QED) is 0.577. The lowest BCUT2D eigenvalue weighted by atomic mass is 9.95. The van der Waals surface area contributed by atoms with Crippen LogP contribution in [0.15, 0.2) is 53.6 Å². The molecule has 1 aliphatic heterocycles. The molecule has 0 saturated carbocycles. The summed E-state index contributed by atoms with van der Waals surface area (Å²) in [4.78, 5) is 26.6. The maximum absolute atomic E-state index is 13.0. The molecule has 164 valence electrons. The van der Waals surface area contributed by atoms with Gasteiger partial charge in [-0.15, -0.1) is 0 Å². The molecule has 3 rings (SSSR count). The van der Waals surface area contributed by atoms with Crippen molar-refractivity contribution < 1.29 is 27.5 Å². The standard InChI is InChI=1S/C22H22F3N3O3/c1-31-18-7-4-6-16(13-18)21(30)28-11-9-15(10-12-28)20(29)27-26-14-17-5-2-3-8-19(17)22(23,24)25/h2-8,13-15H,9-12H2,1H3,(H,27,29)/b26-14-. The smallest absolute Gasteiger partial charge is 0.417 e. The molecule has 1 N–H and O–H groups in total. The number of hydrogen-bond acceptors (Lipinski definition) is 4. The van der Waals surface area contributed by atoms with Crippen LogP contribution in [0, 0.1) is 5.92 Å². The highest BCUT2D eigenvalue weighted by Crippen LogP contribution is 2.31. The van der Waals surface area contributed by atoms with Crippen molar-refractivity contribution >= 4 is 18.0 Å². The van der Waals surface area contributed by atoms with E-state index in [0.717, 1.165) is 12.3 Å². The second-order valence-electron chi connectivity index (χ2n) is 7.12. The van der Waals surface area contributed by atoms with E-state index in [-0.39, 0.29) is 23.3 Å². The number of rotatable bonds is 5. The number of likely N-dealkylation sites (tertiary alicyclic amines) is 1. The fourth-order valence-electron chi connectivity index (χ4n) is 3.41. The zero-order valence-corrected chi connectivity index (χ0v) is 16.9. The number of carbonyl (C=O) groups is 2. The molecule has 0 bridgehead atoms. The first-order valence-corrected chi connectivity index (χ1v) is 9.72. The maximum atomic E-state index is 13.0. The van der Waals surface area contributed by atoms with Crippen LogP contribution in [0.25, 0.3) is 0 Å². The number of nitrogens with zero attached hydrogens (tertiary/aromatic N) is 2. The summed E-state index contributed by atoms with van der Waals surface area (Å²) in [6.07, 6.45) is -2.64. The van der Waals surface area contributed by atoms with Crippen LogP contribution in [0.1, 0.15) is 34.3 Å². The predicted octanol–water partition coefficient (Wildman–Crippen LogP) is 3.72. The fraction of sp³-hybridized carbons (Fsp3) is 0.318. The number of hydrazone groups is 1. The SMILES string of the molecule is COc1cccc(C(=O)N2CCC(C(=O)N/N=C\c3ccccc3C(F)(F)F)CC2)c1. The monoisotopic (exact) mass is 433 g/mol.